The number of aliphatic hydroxyl groups is 1. The molecule has 0 amide bonds. The highest BCUT2D eigenvalue weighted by Gasteiger charge is 2.39. The molecule has 0 radical (unpaired) electrons. The van der Waals surface area contributed by atoms with Crippen molar-refractivity contribution in [2.75, 3.05) is 6.61 Å². The van der Waals surface area contributed by atoms with Gasteiger partial charge in [-0.25, -0.2) is 0 Å². The van der Waals surface area contributed by atoms with Crippen LogP contribution in [0.3, 0.4) is 0 Å². The van der Waals surface area contributed by atoms with Gasteiger partial charge in [0.15, 0.2) is 6.10 Å². The van der Waals surface area contributed by atoms with Crippen molar-refractivity contribution in [3.05, 3.63) is 29.3 Å². The van der Waals surface area contributed by atoms with Gasteiger partial charge in [-0.2, -0.15) is 8.78 Å². The van der Waals surface area contributed by atoms with Crippen LogP contribution in [0.4, 0.5) is 8.78 Å². The van der Waals surface area contributed by atoms with E-state index in [9.17, 15) is 13.9 Å². The lowest BCUT2D eigenvalue weighted by atomic mass is 10.0. The van der Waals surface area contributed by atoms with Crippen molar-refractivity contribution in [1.29, 1.82) is 0 Å². The van der Waals surface area contributed by atoms with Crippen LogP contribution in [0.2, 0.25) is 0 Å². The lowest BCUT2D eigenvalue weighted by molar-refractivity contribution is -0.0434. The minimum atomic E-state index is -3.68. The second-order valence-corrected chi connectivity index (χ2v) is 3.88. The van der Waals surface area contributed by atoms with Crippen LogP contribution in [-0.2, 0) is 6.42 Å². The van der Waals surface area contributed by atoms with Crippen LogP contribution in [0.1, 0.15) is 17.2 Å². The summed E-state index contributed by atoms with van der Waals surface area (Å²) in [6, 6.07) is 4.78. The van der Waals surface area contributed by atoms with Gasteiger partial charge in [0.25, 0.3) is 0 Å². The number of hydrogen-bond acceptors (Lipinski definition) is 2. The maximum Gasteiger partial charge on any atom is 0.351 e. The van der Waals surface area contributed by atoms with Gasteiger partial charge < -0.3 is 9.84 Å². The highest BCUT2D eigenvalue weighted by Crippen LogP contribution is 2.41. The van der Waals surface area contributed by atoms with Crippen molar-refractivity contribution >= 4 is 11.6 Å². The second kappa shape index (κ2) is 3.61. The fourth-order valence-corrected chi connectivity index (χ4v) is 1.75. The molecule has 15 heavy (non-hydrogen) atoms. The van der Waals surface area contributed by atoms with E-state index in [2.05, 4.69) is 0 Å². The average Bonchev–Trinajstić information content (AvgIpc) is 2.62. The monoisotopic (exact) mass is 234 g/mol. The number of rotatable bonds is 2. The number of benzene rings is 1. The number of halogens is 3. The van der Waals surface area contributed by atoms with E-state index in [1.165, 1.54) is 6.07 Å². The first-order valence-electron chi connectivity index (χ1n) is 4.49. The van der Waals surface area contributed by atoms with Crippen molar-refractivity contribution in [3.8, 4) is 5.75 Å². The molecule has 0 aliphatic carbocycles. The Kier molecular flexibility index (Phi) is 2.56. The van der Waals surface area contributed by atoms with Crippen molar-refractivity contribution in [2.45, 2.75) is 17.9 Å². The molecular weight excluding hydrogens is 226 g/mol. The second-order valence-electron chi connectivity index (χ2n) is 3.38. The van der Waals surface area contributed by atoms with Gasteiger partial charge in [-0.15, -0.1) is 0 Å². The van der Waals surface area contributed by atoms with Crippen molar-refractivity contribution < 1.29 is 18.6 Å². The number of hydrogen-bond donors (Lipinski definition) is 1. The van der Waals surface area contributed by atoms with Gasteiger partial charge >= 0.3 is 5.38 Å². The molecule has 0 bridgehead atoms. The number of fused-ring (bicyclic) bond motifs is 1. The topological polar surface area (TPSA) is 29.5 Å². The van der Waals surface area contributed by atoms with E-state index in [-0.39, 0.29) is 5.56 Å². The van der Waals surface area contributed by atoms with Crippen LogP contribution in [0.15, 0.2) is 18.2 Å². The van der Waals surface area contributed by atoms with E-state index in [0.29, 0.717) is 18.8 Å². The first-order valence-corrected chi connectivity index (χ1v) is 4.87. The molecule has 1 N–H and O–H groups in total. The summed E-state index contributed by atoms with van der Waals surface area (Å²) in [6.45, 7) is 0.451. The zero-order chi connectivity index (χ0) is 11.1. The molecule has 0 fully saturated rings. The molecule has 1 heterocycles. The molecule has 0 aromatic heterocycles. The number of para-hydroxylation sites is 1. The fraction of sp³-hybridized carbons (Fsp3) is 0.400. The minimum Gasteiger partial charge on any atom is -0.493 e. The van der Waals surface area contributed by atoms with Crippen LogP contribution in [0, 0.1) is 0 Å². The lowest BCUT2D eigenvalue weighted by Crippen LogP contribution is -2.19. The predicted octanol–water partition coefficient (Wildman–Crippen LogP) is 2.49. The third-order valence-corrected chi connectivity index (χ3v) is 2.56. The Bertz CT molecular complexity index is 376. The quantitative estimate of drug-likeness (QED) is 0.797. The molecule has 0 saturated heterocycles. The van der Waals surface area contributed by atoms with Gasteiger partial charge in [0.1, 0.15) is 5.75 Å². The SMILES string of the molecule is OC(c1cccc2c1OCC2)C(F)(F)Cl. The highest BCUT2D eigenvalue weighted by molar-refractivity contribution is 6.22. The summed E-state index contributed by atoms with van der Waals surface area (Å²) in [5.74, 6) is 0.338. The van der Waals surface area contributed by atoms with Crippen molar-refractivity contribution in [2.24, 2.45) is 0 Å². The van der Waals surface area contributed by atoms with Crippen LogP contribution < -0.4 is 4.74 Å². The summed E-state index contributed by atoms with van der Waals surface area (Å²) in [5.41, 5.74) is 0.873. The first-order chi connectivity index (χ1) is 7.00. The molecule has 1 aromatic carbocycles. The van der Waals surface area contributed by atoms with Crippen LogP contribution >= 0.6 is 11.6 Å². The molecule has 1 aromatic rings. The predicted molar refractivity (Wildman–Crippen MR) is 51.4 cm³/mol. The van der Waals surface area contributed by atoms with Gasteiger partial charge in [-0.3, -0.25) is 0 Å². The average molecular weight is 235 g/mol. The summed E-state index contributed by atoms with van der Waals surface area (Å²) in [6.07, 6.45) is -1.36. The van der Waals surface area contributed by atoms with E-state index in [1.807, 2.05) is 0 Å². The van der Waals surface area contributed by atoms with Gasteiger partial charge in [0, 0.05) is 12.0 Å². The van der Waals surface area contributed by atoms with Crippen LogP contribution in [0.25, 0.3) is 0 Å². The van der Waals surface area contributed by atoms with E-state index in [4.69, 9.17) is 16.3 Å². The lowest BCUT2D eigenvalue weighted by Gasteiger charge is -2.18. The summed E-state index contributed by atoms with van der Waals surface area (Å²) < 4.78 is 30.7. The molecule has 1 aliphatic heterocycles. The van der Waals surface area contributed by atoms with Crippen LogP contribution in [0.5, 0.6) is 5.75 Å². The van der Waals surface area contributed by atoms with Crippen molar-refractivity contribution in [1.82, 2.24) is 0 Å². The molecule has 5 heteroatoms. The van der Waals surface area contributed by atoms with Gasteiger partial charge in [0.05, 0.1) is 6.61 Å². The smallest absolute Gasteiger partial charge is 0.351 e. The minimum absolute atomic E-state index is 0.0463. The van der Waals surface area contributed by atoms with Crippen molar-refractivity contribution in [3.63, 3.8) is 0 Å². The Morgan fingerprint density at radius 2 is 2.20 bits per heavy atom. The summed E-state index contributed by atoms with van der Waals surface area (Å²) >= 11 is 4.78. The van der Waals surface area contributed by atoms with E-state index < -0.39 is 11.5 Å². The Labute approximate surface area is 90.4 Å². The van der Waals surface area contributed by atoms with Gasteiger partial charge in [-0.1, -0.05) is 18.2 Å². The molecule has 1 atom stereocenters. The van der Waals surface area contributed by atoms with E-state index >= 15 is 0 Å². The molecule has 2 rings (SSSR count). The molecule has 2 nitrogen and oxygen atoms in total. The third-order valence-electron chi connectivity index (χ3n) is 2.35. The van der Waals surface area contributed by atoms with E-state index in [0.717, 1.165) is 5.56 Å². The number of aliphatic hydroxyl groups excluding tert-OH is 1. The number of ether oxygens (including phenoxy) is 1. The standard InChI is InChI=1S/C10H9ClF2O2/c11-10(12,13)9(14)7-3-1-2-6-4-5-15-8(6)7/h1-3,9,14H,4-5H2. The molecule has 0 saturated carbocycles. The van der Waals surface area contributed by atoms with Crippen LogP contribution in [-0.4, -0.2) is 17.1 Å². The van der Waals surface area contributed by atoms with Gasteiger partial charge in [0.2, 0.25) is 0 Å². The largest absolute Gasteiger partial charge is 0.493 e. The molecule has 1 aliphatic rings. The Balaban J connectivity index is 2.41. The van der Waals surface area contributed by atoms with E-state index in [1.54, 1.807) is 12.1 Å². The Hall–Kier alpha value is -0.870. The summed E-state index contributed by atoms with van der Waals surface area (Å²) in [5, 5.41) is 5.68. The fourth-order valence-electron chi connectivity index (χ4n) is 1.63. The molecule has 82 valence electrons. The summed E-state index contributed by atoms with van der Waals surface area (Å²) in [7, 11) is 0. The number of alkyl halides is 3. The zero-order valence-electron chi connectivity index (χ0n) is 7.71. The summed E-state index contributed by atoms with van der Waals surface area (Å²) in [4.78, 5) is 0. The zero-order valence-corrected chi connectivity index (χ0v) is 8.47. The molecular formula is C10H9ClF2O2. The Morgan fingerprint density at radius 3 is 2.87 bits per heavy atom. The van der Waals surface area contributed by atoms with Gasteiger partial charge in [-0.05, 0) is 17.2 Å². The first kappa shape index (κ1) is 10.6. The molecule has 1 unspecified atom stereocenters. The highest BCUT2D eigenvalue weighted by atomic mass is 35.5. The maximum atomic E-state index is 12.7. The Morgan fingerprint density at radius 1 is 1.47 bits per heavy atom. The third kappa shape index (κ3) is 1.92. The molecule has 0 spiro atoms. The maximum absolute atomic E-state index is 12.7. The normalized spacial score (nSPS) is 17.1.